The molecule has 0 aliphatic carbocycles. The van der Waals surface area contributed by atoms with Crippen LogP contribution in [0.2, 0.25) is 0 Å². The first-order valence-corrected chi connectivity index (χ1v) is 8.07. The monoisotopic (exact) mass is 331 g/mol. The number of nitrogens with zero attached hydrogens (tertiary/aromatic N) is 4. The molecule has 2 aromatic heterocycles. The van der Waals surface area contributed by atoms with Crippen molar-refractivity contribution in [1.82, 2.24) is 20.0 Å². The lowest BCUT2D eigenvalue weighted by molar-refractivity contribution is 0.151. The van der Waals surface area contributed by atoms with E-state index in [0.717, 1.165) is 25.7 Å². The number of pyridine rings is 1. The molecule has 1 aliphatic rings. The van der Waals surface area contributed by atoms with Gasteiger partial charge in [0.25, 0.3) is 5.89 Å². The minimum absolute atomic E-state index is 0.161. The minimum Gasteiger partial charge on any atom is -0.375 e. The SMILES string of the molecule is COCc1nc([C@H]2CCCCCN2C(=O)Nc2ccncc2)no1. The van der Waals surface area contributed by atoms with Crippen molar-refractivity contribution in [3.8, 4) is 0 Å². The van der Waals surface area contributed by atoms with Crippen LogP contribution in [0, 0.1) is 0 Å². The van der Waals surface area contributed by atoms with Crippen LogP contribution >= 0.6 is 0 Å². The number of nitrogens with one attached hydrogen (secondary N) is 1. The average Bonchev–Trinajstić information content (AvgIpc) is 2.91. The van der Waals surface area contributed by atoms with Gasteiger partial charge in [-0.25, -0.2) is 4.79 Å². The number of carbonyl (C=O) groups is 1. The summed E-state index contributed by atoms with van der Waals surface area (Å²) in [5, 5.41) is 6.95. The maximum absolute atomic E-state index is 12.7. The Bertz CT molecular complexity index is 661. The van der Waals surface area contributed by atoms with Crippen LogP contribution in [0.1, 0.15) is 43.4 Å². The lowest BCUT2D eigenvalue weighted by Gasteiger charge is -2.27. The molecule has 128 valence electrons. The summed E-state index contributed by atoms with van der Waals surface area (Å²) in [6.07, 6.45) is 7.17. The van der Waals surface area contributed by atoms with Crippen molar-refractivity contribution in [2.75, 3.05) is 19.0 Å². The first-order valence-electron chi connectivity index (χ1n) is 8.07. The zero-order valence-corrected chi connectivity index (χ0v) is 13.6. The fraction of sp³-hybridized carbons (Fsp3) is 0.500. The zero-order chi connectivity index (χ0) is 16.8. The van der Waals surface area contributed by atoms with Gasteiger partial charge in [-0.2, -0.15) is 4.98 Å². The Balaban J connectivity index is 1.77. The van der Waals surface area contributed by atoms with Crippen LogP contribution in [0.3, 0.4) is 0 Å². The normalized spacial score (nSPS) is 18.2. The van der Waals surface area contributed by atoms with Crippen LogP contribution in [0.4, 0.5) is 10.5 Å². The minimum atomic E-state index is -0.191. The summed E-state index contributed by atoms with van der Waals surface area (Å²) in [7, 11) is 1.57. The molecule has 8 heteroatoms. The summed E-state index contributed by atoms with van der Waals surface area (Å²) >= 11 is 0. The lowest BCUT2D eigenvalue weighted by Crippen LogP contribution is -2.38. The lowest BCUT2D eigenvalue weighted by atomic mass is 10.1. The number of likely N-dealkylation sites (tertiary alicyclic amines) is 1. The second-order valence-corrected chi connectivity index (χ2v) is 5.70. The van der Waals surface area contributed by atoms with Gasteiger partial charge in [-0.05, 0) is 25.0 Å². The molecule has 3 heterocycles. The number of hydrogen-bond acceptors (Lipinski definition) is 6. The van der Waals surface area contributed by atoms with E-state index < -0.39 is 0 Å². The highest BCUT2D eigenvalue weighted by Crippen LogP contribution is 2.29. The maximum Gasteiger partial charge on any atom is 0.322 e. The first kappa shape index (κ1) is 16.4. The Kier molecular flexibility index (Phi) is 5.37. The smallest absolute Gasteiger partial charge is 0.322 e. The van der Waals surface area contributed by atoms with Gasteiger partial charge in [0.1, 0.15) is 6.61 Å². The Labute approximate surface area is 140 Å². The maximum atomic E-state index is 12.7. The van der Waals surface area contributed by atoms with Crippen molar-refractivity contribution in [2.45, 2.75) is 38.3 Å². The van der Waals surface area contributed by atoms with E-state index in [1.165, 1.54) is 0 Å². The number of urea groups is 1. The van der Waals surface area contributed by atoms with Gasteiger partial charge in [0, 0.05) is 31.7 Å². The van der Waals surface area contributed by atoms with Crippen LogP contribution < -0.4 is 5.32 Å². The van der Waals surface area contributed by atoms with E-state index in [2.05, 4.69) is 20.4 Å². The number of rotatable bonds is 4. The summed E-state index contributed by atoms with van der Waals surface area (Å²) < 4.78 is 10.2. The third-order valence-electron chi connectivity index (χ3n) is 3.99. The predicted molar refractivity (Wildman–Crippen MR) is 86.2 cm³/mol. The molecule has 1 aliphatic heterocycles. The number of carbonyl (C=O) groups excluding carboxylic acids is 1. The highest BCUT2D eigenvalue weighted by atomic mass is 16.5. The van der Waals surface area contributed by atoms with Crippen LogP contribution in [0.5, 0.6) is 0 Å². The van der Waals surface area contributed by atoms with Crippen molar-refractivity contribution >= 4 is 11.7 Å². The van der Waals surface area contributed by atoms with Gasteiger partial charge in [-0.15, -0.1) is 0 Å². The van der Waals surface area contributed by atoms with Gasteiger partial charge in [0.05, 0.1) is 6.04 Å². The Morgan fingerprint density at radius 1 is 1.38 bits per heavy atom. The van der Waals surface area contributed by atoms with Crippen LogP contribution in [0.25, 0.3) is 0 Å². The first-order chi connectivity index (χ1) is 11.8. The van der Waals surface area contributed by atoms with Crippen LogP contribution in [-0.2, 0) is 11.3 Å². The number of anilines is 1. The molecule has 24 heavy (non-hydrogen) atoms. The highest BCUT2D eigenvalue weighted by Gasteiger charge is 2.30. The molecule has 0 unspecified atom stereocenters. The van der Waals surface area contributed by atoms with E-state index in [1.54, 1.807) is 36.5 Å². The van der Waals surface area contributed by atoms with Crippen molar-refractivity contribution in [3.63, 3.8) is 0 Å². The molecule has 1 N–H and O–H groups in total. The zero-order valence-electron chi connectivity index (χ0n) is 13.6. The Morgan fingerprint density at radius 2 is 2.21 bits per heavy atom. The summed E-state index contributed by atoms with van der Waals surface area (Å²) in [6, 6.07) is 3.17. The average molecular weight is 331 g/mol. The summed E-state index contributed by atoms with van der Waals surface area (Å²) in [6.45, 7) is 0.929. The Hall–Kier alpha value is -2.48. The number of hydrogen-bond donors (Lipinski definition) is 1. The fourth-order valence-corrected chi connectivity index (χ4v) is 2.84. The standard InChI is InChI=1S/C16H21N5O3/c1-23-11-14-19-15(20-24-14)13-5-3-2-4-10-21(13)16(22)18-12-6-8-17-9-7-12/h6-9,13H,2-5,10-11H2,1H3,(H,17,18,22)/t13-/m1/s1. The van der Waals surface area contributed by atoms with Gasteiger partial charge < -0.3 is 19.5 Å². The molecule has 1 fully saturated rings. The molecule has 2 amide bonds. The summed E-state index contributed by atoms with van der Waals surface area (Å²) in [5.74, 6) is 0.958. The van der Waals surface area contributed by atoms with Gasteiger partial charge in [0.15, 0.2) is 5.82 Å². The molecule has 0 spiro atoms. The molecule has 0 saturated carbocycles. The van der Waals surface area contributed by atoms with Crippen molar-refractivity contribution < 1.29 is 14.1 Å². The van der Waals surface area contributed by atoms with Gasteiger partial charge >= 0.3 is 6.03 Å². The molecule has 0 aromatic carbocycles. The van der Waals surface area contributed by atoms with E-state index in [9.17, 15) is 4.79 Å². The van der Waals surface area contributed by atoms with E-state index in [0.29, 0.717) is 23.9 Å². The van der Waals surface area contributed by atoms with Crippen LogP contribution in [0.15, 0.2) is 29.0 Å². The fourth-order valence-electron chi connectivity index (χ4n) is 2.84. The largest absolute Gasteiger partial charge is 0.375 e. The van der Waals surface area contributed by atoms with E-state index in [-0.39, 0.29) is 18.7 Å². The van der Waals surface area contributed by atoms with Gasteiger partial charge in [-0.1, -0.05) is 18.0 Å². The van der Waals surface area contributed by atoms with Crippen LogP contribution in [-0.4, -0.2) is 39.7 Å². The third kappa shape index (κ3) is 3.88. The number of ether oxygens (including phenoxy) is 1. The number of aromatic nitrogens is 3. The Morgan fingerprint density at radius 3 is 3.00 bits per heavy atom. The third-order valence-corrected chi connectivity index (χ3v) is 3.99. The summed E-state index contributed by atoms with van der Waals surface area (Å²) in [4.78, 5) is 22.8. The molecule has 1 saturated heterocycles. The molecular formula is C16H21N5O3. The molecule has 0 bridgehead atoms. The van der Waals surface area contributed by atoms with Gasteiger partial charge in [0.2, 0.25) is 0 Å². The van der Waals surface area contributed by atoms with Crippen molar-refractivity contribution in [2.24, 2.45) is 0 Å². The molecule has 2 aromatic rings. The molecular weight excluding hydrogens is 310 g/mol. The van der Waals surface area contributed by atoms with E-state index in [4.69, 9.17) is 9.26 Å². The topological polar surface area (TPSA) is 93.4 Å². The number of methoxy groups -OCH3 is 1. The molecule has 1 atom stereocenters. The quantitative estimate of drug-likeness (QED) is 0.926. The molecule has 8 nitrogen and oxygen atoms in total. The van der Waals surface area contributed by atoms with Crippen molar-refractivity contribution in [1.29, 1.82) is 0 Å². The molecule has 0 radical (unpaired) electrons. The van der Waals surface area contributed by atoms with E-state index >= 15 is 0 Å². The van der Waals surface area contributed by atoms with E-state index in [1.807, 2.05) is 0 Å². The number of amides is 2. The highest BCUT2D eigenvalue weighted by molar-refractivity contribution is 5.89. The summed E-state index contributed by atoms with van der Waals surface area (Å²) in [5.41, 5.74) is 0.714. The van der Waals surface area contributed by atoms with Gasteiger partial charge in [-0.3, -0.25) is 4.98 Å². The molecule has 3 rings (SSSR count). The second-order valence-electron chi connectivity index (χ2n) is 5.70. The second kappa shape index (κ2) is 7.87. The van der Waals surface area contributed by atoms with Crippen molar-refractivity contribution in [3.05, 3.63) is 36.2 Å². The predicted octanol–water partition coefficient (Wildman–Crippen LogP) is 2.76.